The first-order chi connectivity index (χ1) is 13.7. The Balaban J connectivity index is 1.56. The number of benzene rings is 1. The van der Waals surface area contributed by atoms with E-state index in [1.807, 2.05) is 0 Å². The molecule has 0 bridgehead atoms. The zero-order valence-electron chi connectivity index (χ0n) is 16.1. The zero-order chi connectivity index (χ0) is 20.8. The van der Waals surface area contributed by atoms with Crippen molar-refractivity contribution >= 4 is 22.2 Å². The van der Waals surface area contributed by atoms with Crippen molar-refractivity contribution in [3.8, 4) is 11.3 Å². The van der Waals surface area contributed by atoms with E-state index in [0.717, 1.165) is 31.5 Å². The number of aromatic nitrogens is 2. The summed E-state index contributed by atoms with van der Waals surface area (Å²) in [6.45, 7) is 1.71. The molecule has 1 saturated heterocycles. The number of amides is 1. The number of hydrogen-bond acceptors (Lipinski definition) is 4. The van der Waals surface area contributed by atoms with Crippen LogP contribution in [0.5, 0.6) is 0 Å². The molecule has 0 unspecified atom stereocenters. The number of nitrogens with zero attached hydrogens (tertiary/aromatic N) is 4. The Labute approximate surface area is 170 Å². The molecule has 1 aliphatic rings. The van der Waals surface area contributed by atoms with Gasteiger partial charge in [-0.3, -0.25) is 9.20 Å². The number of carbonyl (C=O) groups excluding carboxylic acids is 1. The summed E-state index contributed by atoms with van der Waals surface area (Å²) in [6.07, 6.45) is -0.442. The molecule has 3 aromatic rings. The minimum absolute atomic E-state index is 0.0899. The summed E-state index contributed by atoms with van der Waals surface area (Å²) < 4.78 is 40.0. The maximum absolute atomic E-state index is 13.0. The standard InChI is InChI=1S/C20H21F3N4OS/c1-25-9-3-4-15(25)10-26(2)18(28)17-12-29-19-24-16(11-27(17)19)13-5-7-14(8-6-13)20(21,22)23/h5-8,11-12,15H,3-4,9-10H2,1-2H3/t15-/m1/s1. The molecule has 5 nitrogen and oxygen atoms in total. The van der Waals surface area contributed by atoms with Gasteiger partial charge in [0.2, 0.25) is 0 Å². The predicted octanol–water partition coefficient (Wildman–Crippen LogP) is 4.25. The summed E-state index contributed by atoms with van der Waals surface area (Å²) in [5.74, 6) is -0.0899. The van der Waals surface area contributed by atoms with Crippen LogP contribution >= 0.6 is 11.3 Å². The molecule has 0 spiro atoms. The second-order valence-corrected chi connectivity index (χ2v) is 8.27. The Morgan fingerprint density at radius 1 is 1.31 bits per heavy atom. The van der Waals surface area contributed by atoms with Crippen LogP contribution in [0.25, 0.3) is 16.2 Å². The molecule has 1 aromatic carbocycles. The molecule has 1 atom stereocenters. The minimum atomic E-state index is -4.37. The molecule has 1 fully saturated rings. The highest BCUT2D eigenvalue weighted by Gasteiger charge is 2.30. The SMILES string of the molecule is CN(C[C@H]1CCCN1C)C(=O)c1csc2nc(-c3ccc(C(F)(F)F)cc3)cn12. The Morgan fingerprint density at radius 3 is 2.66 bits per heavy atom. The number of hydrogen-bond donors (Lipinski definition) is 0. The fraction of sp³-hybridized carbons (Fsp3) is 0.400. The van der Waals surface area contributed by atoms with E-state index in [9.17, 15) is 18.0 Å². The van der Waals surface area contributed by atoms with Crippen LogP contribution in [0, 0.1) is 0 Å². The molecule has 3 heterocycles. The highest BCUT2D eigenvalue weighted by atomic mass is 32.1. The van der Waals surface area contributed by atoms with Gasteiger partial charge in [-0.25, -0.2) is 4.98 Å². The molecule has 2 aromatic heterocycles. The number of imidazole rings is 1. The van der Waals surface area contributed by atoms with Gasteiger partial charge in [-0.05, 0) is 38.6 Å². The van der Waals surface area contributed by atoms with E-state index in [0.29, 0.717) is 34.5 Å². The minimum Gasteiger partial charge on any atom is -0.339 e. The normalized spacial score (nSPS) is 17.9. The van der Waals surface area contributed by atoms with Crippen LogP contribution in [-0.2, 0) is 6.18 Å². The molecular formula is C20H21F3N4OS. The van der Waals surface area contributed by atoms with Gasteiger partial charge in [0.15, 0.2) is 4.96 Å². The number of carbonyl (C=O) groups is 1. The van der Waals surface area contributed by atoms with Crippen molar-refractivity contribution in [3.63, 3.8) is 0 Å². The maximum Gasteiger partial charge on any atom is 0.416 e. The summed E-state index contributed by atoms with van der Waals surface area (Å²) in [5.41, 5.74) is 0.932. The average molecular weight is 422 g/mol. The van der Waals surface area contributed by atoms with E-state index >= 15 is 0 Å². The van der Waals surface area contributed by atoms with Crippen molar-refractivity contribution in [2.45, 2.75) is 25.1 Å². The highest BCUT2D eigenvalue weighted by Crippen LogP contribution is 2.31. The lowest BCUT2D eigenvalue weighted by Crippen LogP contribution is -2.39. The first-order valence-corrected chi connectivity index (χ1v) is 10.2. The molecular weight excluding hydrogens is 401 g/mol. The van der Waals surface area contributed by atoms with Gasteiger partial charge in [0, 0.05) is 36.8 Å². The van der Waals surface area contributed by atoms with Gasteiger partial charge in [-0.15, -0.1) is 11.3 Å². The number of alkyl halides is 3. The van der Waals surface area contributed by atoms with Gasteiger partial charge in [0.25, 0.3) is 5.91 Å². The van der Waals surface area contributed by atoms with E-state index in [-0.39, 0.29) is 5.91 Å². The monoisotopic (exact) mass is 422 g/mol. The summed E-state index contributed by atoms with van der Waals surface area (Å²) in [4.78, 5) is 22.1. The Morgan fingerprint density at radius 2 is 2.03 bits per heavy atom. The van der Waals surface area contributed by atoms with Gasteiger partial charge in [0.1, 0.15) is 5.69 Å². The van der Waals surface area contributed by atoms with E-state index in [1.54, 1.807) is 27.9 Å². The molecule has 1 amide bonds. The molecule has 9 heteroatoms. The van der Waals surface area contributed by atoms with E-state index in [1.165, 1.54) is 23.5 Å². The number of likely N-dealkylation sites (tertiary alicyclic amines) is 1. The third-order valence-electron chi connectivity index (χ3n) is 5.44. The van der Waals surface area contributed by atoms with Crippen molar-refractivity contribution < 1.29 is 18.0 Å². The Hall–Kier alpha value is -2.39. The number of thiazole rings is 1. The van der Waals surface area contributed by atoms with Crippen LogP contribution in [0.3, 0.4) is 0 Å². The second kappa shape index (κ2) is 7.46. The lowest BCUT2D eigenvalue weighted by molar-refractivity contribution is -0.137. The highest BCUT2D eigenvalue weighted by molar-refractivity contribution is 7.15. The van der Waals surface area contributed by atoms with Crippen molar-refractivity contribution in [2.75, 3.05) is 27.2 Å². The third kappa shape index (κ3) is 3.89. The number of halogens is 3. The molecule has 29 heavy (non-hydrogen) atoms. The quantitative estimate of drug-likeness (QED) is 0.631. The molecule has 0 N–H and O–H groups in total. The molecule has 1 aliphatic heterocycles. The van der Waals surface area contributed by atoms with E-state index in [2.05, 4.69) is 16.9 Å². The number of fused-ring (bicyclic) bond motifs is 1. The lowest BCUT2D eigenvalue weighted by Gasteiger charge is -2.25. The zero-order valence-corrected chi connectivity index (χ0v) is 16.9. The van der Waals surface area contributed by atoms with Crippen LogP contribution in [0.15, 0.2) is 35.8 Å². The first-order valence-electron chi connectivity index (χ1n) is 9.34. The van der Waals surface area contributed by atoms with Crippen LogP contribution in [-0.4, -0.2) is 58.3 Å². The fourth-order valence-corrected chi connectivity index (χ4v) is 4.56. The lowest BCUT2D eigenvalue weighted by atomic mass is 10.1. The molecule has 0 radical (unpaired) electrons. The smallest absolute Gasteiger partial charge is 0.339 e. The van der Waals surface area contributed by atoms with Crippen molar-refractivity contribution in [1.29, 1.82) is 0 Å². The van der Waals surface area contributed by atoms with Gasteiger partial charge in [0.05, 0.1) is 11.3 Å². The first kappa shape index (κ1) is 19.9. The van der Waals surface area contributed by atoms with Gasteiger partial charge in [-0.1, -0.05) is 12.1 Å². The predicted molar refractivity (Wildman–Crippen MR) is 106 cm³/mol. The second-order valence-electron chi connectivity index (χ2n) is 7.44. The van der Waals surface area contributed by atoms with Crippen LogP contribution < -0.4 is 0 Å². The van der Waals surface area contributed by atoms with Crippen LogP contribution in [0.1, 0.15) is 28.9 Å². The number of likely N-dealkylation sites (N-methyl/N-ethyl adjacent to an activating group) is 2. The summed E-state index contributed by atoms with van der Waals surface area (Å²) in [7, 11) is 3.87. The molecule has 0 saturated carbocycles. The van der Waals surface area contributed by atoms with E-state index in [4.69, 9.17) is 0 Å². The Kier molecular flexibility index (Phi) is 5.12. The largest absolute Gasteiger partial charge is 0.416 e. The molecule has 154 valence electrons. The summed E-state index contributed by atoms with van der Waals surface area (Å²) in [5, 5.41) is 1.77. The van der Waals surface area contributed by atoms with Crippen LogP contribution in [0.4, 0.5) is 13.2 Å². The van der Waals surface area contributed by atoms with E-state index < -0.39 is 11.7 Å². The van der Waals surface area contributed by atoms with Crippen molar-refractivity contribution in [3.05, 3.63) is 47.1 Å². The van der Waals surface area contributed by atoms with Gasteiger partial charge < -0.3 is 9.80 Å². The van der Waals surface area contributed by atoms with Crippen molar-refractivity contribution in [1.82, 2.24) is 19.2 Å². The van der Waals surface area contributed by atoms with Crippen LogP contribution in [0.2, 0.25) is 0 Å². The summed E-state index contributed by atoms with van der Waals surface area (Å²) >= 11 is 1.34. The summed E-state index contributed by atoms with van der Waals surface area (Å²) in [6, 6.07) is 5.25. The maximum atomic E-state index is 13.0. The number of rotatable bonds is 4. The van der Waals surface area contributed by atoms with Gasteiger partial charge in [-0.2, -0.15) is 13.2 Å². The fourth-order valence-electron chi connectivity index (χ4n) is 3.71. The Bertz CT molecular complexity index is 1020. The van der Waals surface area contributed by atoms with Gasteiger partial charge >= 0.3 is 6.18 Å². The third-order valence-corrected chi connectivity index (χ3v) is 6.28. The molecule has 0 aliphatic carbocycles. The van der Waals surface area contributed by atoms with Crippen molar-refractivity contribution in [2.24, 2.45) is 0 Å². The average Bonchev–Trinajstić information content (AvgIpc) is 3.37. The topological polar surface area (TPSA) is 40.8 Å². The molecule has 4 rings (SSSR count).